The summed E-state index contributed by atoms with van der Waals surface area (Å²) in [5.41, 5.74) is -1.20. The van der Waals surface area contributed by atoms with Gasteiger partial charge in [0.05, 0.1) is 18.8 Å². The molecule has 58 heteroatoms. The molecule has 0 aliphatic carbocycles. The van der Waals surface area contributed by atoms with Crippen molar-refractivity contribution >= 4 is 15.6 Å². The molecule has 0 spiro atoms. The van der Waals surface area contributed by atoms with E-state index in [-0.39, 0.29) is 5.41 Å². The molecule has 0 radical (unpaired) electrons. The zero-order valence-corrected chi connectivity index (χ0v) is 37.7. The fourth-order valence-corrected chi connectivity index (χ4v) is 3.33. The lowest BCUT2D eigenvalue weighted by Crippen LogP contribution is -2.23. The van der Waals surface area contributed by atoms with Gasteiger partial charge < -0.3 is 37.7 Å². The van der Waals surface area contributed by atoms with Crippen LogP contribution < -0.4 is 9.79 Å². The number of hydrogen-bond donors (Lipinski definition) is 0. The predicted octanol–water partition coefficient (Wildman–Crippen LogP) is -0.294. The minimum absolute atomic E-state index is 0.189. The summed E-state index contributed by atoms with van der Waals surface area (Å²) in [5, 5.41) is 159. The molecule has 0 aromatic rings. The van der Waals surface area contributed by atoms with Crippen LogP contribution in [-0.4, -0.2) is 32.0 Å². The SMILES string of the molecule is CC(C)(C)/C=C\OOOOOOOOOOOOOOOOOOOOOOOOCCOP(=O)([O-])O/C=C\OOOOOOOOOOOOOOOOOOOOOOOOCCOP(=O)([O-])OC(C)(C)C. The number of phosphoric acid groups is 2. The van der Waals surface area contributed by atoms with Crippen LogP contribution in [-0.2, 0) is 268 Å². The van der Waals surface area contributed by atoms with Gasteiger partial charge in [-0.05, 0) is 113 Å². The number of allylic oxidation sites excluding steroid dienone is 1. The van der Waals surface area contributed by atoms with E-state index < -0.39 is 47.7 Å². The maximum absolute atomic E-state index is 11.5. The van der Waals surface area contributed by atoms with Crippen LogP contribution >= 0.6 is 15.6 Å². The molecule has 2 atom stereocenters. The average molecular weight is 1180 g/mol. The van der Waals surface area contributed by atoms with Crippen LogP contribution in [0.25, 0.3) is 0 Å². The Balaban J connectivity index is 3.30. The van der Waals surface area contributed by atoms with Crippen LogP contribution in [0.15, 0.2) is 24.9 Å². The van der Waals surface area contributed by atoms with Crippen molar-refractivity contribution in [3.63, 3.8) is 0 Å². The molecule has 0 heterocycles. The summed E-state index contributed by atoms with van der Waals surface area (Å²) in [7, 11) is -9.59. The van der Waals surface area contributed by atoms with Gasteiger partial charge in [-0.1, -0.05) is 20.8 Å². The van der Waals surface area contributed by atoms with Gasteiger partial charge in [0.2, 0.25) is 0 Å². The molecule has 0 amide bonds. The lowest BCUT2D eigenvalue weighted by atomic mass is 9.97. The Kier molecular flexibility index (Phi) is 49.2. The van der Waals surface area contributed by atoms with Crippen molar-refractivity contribution < 1.29 is 278 Å². The van der Waals surface area contributed by atoms with Crippen molar-refractivity contribution in [2.45, 2.75) is 47.1 Å². The maximum Gasteiger partial charge on any atom is 0.319 e. The summed E-state index contributed by atoms with van der Waals surface area (Å²) in [6, 6.07) is 0. The van der Waals surface area contributed by atoms with Gasteiger partial charge in [-0.3, -0.25) is 9.13 Å². The summed E-state index contributed by atoms with van der Waals surface area (Å²) in [6.45, 7) is 7.69. The quantitative estimate of drug-likeness (QED) is 0.0248. The first-order valence-corrected chi connectivity index (χ1v) is 19.1. The normalized spacial score (nSPS) is 14.1. The molecule has 0 bridgehead atoms. The van der Waals surface area contributed by atoms with Gasteiger partial charge in [-0.2, -0.15) is 0 Å². The second-order valence-electron chi connectivity index (χ2n) is 10.6. The molecular weight excluding hydrogens is 1150 g/mol. The van der Waals surface area contributed by atoms with E-state index in [0.717, 1.165) is 6.26 Å². The molecular formula is C16H30O56P2-2. The van der Waals surface area contributed by atoms with Crippen molar-refractivity contribution in [1.29, 1.82) is 0 Å². The largest absolute Gasteiger partial charge is 0.756 e. The van der Waals surface area contributed by atoms with Crippen molar-refractivity contribution in [2.24, 2.45) is 5.41 Å². The van der Waals surface area contributed by atoms with Gasteiger partial charge in [0.1, 0.15) is 25.7 Å². The van der Waals surface area contributed by atoms with Crippen molar-refractivity contribution in [3.8, 4) is 0 Å². The zero-order chi connectivity index (χ0) is 54.4. The Morgan fingerprint density at radius 2 is 0.554 bits per heavy atom. The number of rotatable bonds is 59. The van der Waals surface area contributed by atoms with E-state index >= 15 is 0 Å². The van der Waals surface area contributed by atoms with Crippen molar-refractivity contribution in [2.75, 3.05) is 26.4 Å². The van der Waals surface area contributed by atoms with Crippen LogP contribution in [0, 0.1) is 5.41 Å². The first kappa shape index (κ1) is 71.3. The highest BCUT2D eigenvalue weighted by Gasteiger charge is 2.20. The predicted molar refractivity (Wildman–Crippen MR) is 149 cm³/mol. The summed E-state index contributed by atoms with van der Waals surface area (Å²) < 4.78 is 40.5. The topological polar surface area (TPSA) is 560 Å². The number of hydrogen-bond acceptors (Lipinski definition) is 56. The fraction of sp³-hybridized carbons (Fsp3) is 0.750. The maximum atomic E-state index is 11.5. The van der Waals surface area contributed by atoms with E-state index in [4.69, 9.17) is 0 Å². The van der Waals surface area contributed by atoms with Gasteiger partial charge in [0.25, 0.3) is 7.82 Å². The lowest BCUT2D eigenvalue weighted by Gasteiger charge is -2.30. The molecule has 74 heavy (non-hydrogen) atoms. The third-order valence-electron chi connectivity index (χ3n) is 3.48. The van der Waals surface area contributed by atoms with Gasteiger partial charge in [-0.15, -0.1) is 0 Å². The molecule has 0 rings (SSSR count). The Morgan fingerprint density at radius 1 is 0.311 bits per heavy atom. The highest BCUT2D eigenvalue weighted by atomic mass is 31.2. The van der Waals surface area contributed by atoms with E-state index in [1.165, 1.54) is 20.8 Å². The lowest BCUT2D eigenvalue weighted by molar-refractivity contribution is -0.899. The molecule has 0 aromatic carbocycles. The van der Waals surface area contributed by atoms with Gasteiger partial charge in [0, 0.05) is 141 Å². The first-order chi connectivity index (χ1) is 35.6. The van der Waals surface area contributed by atoms with Crippen LogP contribution in [0.5, 0.6) is 0 Å². The first-order valence-electron chi connectivity index (χ1n) is 16.1. The van der Waals surface area contributed by atoms with E-state index in [0.29, 0.717) is 12.5 Å². The fourth-order valence-electron chi connectivity index (χ4n) is 1.75. The third kappa shape index (κ3) is 61.8. The average Bonchev–Trinajstić information content (AvgIpc) is 3.33. The molecule has 0 aliphatic rings. The van der Waals surface area contributed by atoms with E-state index in [1.807, 2.05) is 20.8 Å². The van der Waals surface area contributed by atoms with E-state index in [9.17, 15) is 18.9 Å². The van der Waals surface area contributed by atoms with Crippen LogP contribution in [0.2, 0.25) is 0 Å². The highest BCUT2D eigenvalue weighted by molar-refractivity contribution is 7.46. The second kappa shape index (κ2) is 51.1. The number of phosphoric ester groups is 2. The Hall–Kier alpha value is -2.70. The molecule has 0 saturated heterocycles. The standard InChI is InChI=1S/C16H32O56P2/c1-15(2,3)7-8-21-29-33-37-41-45-49-53-57-61-65-69-70-66-62-58-54-50-46-42-38-34-30-22-9-12-25-73(17,18)26-13-10-23-31-35-39-43-47-51-55-59-63-67-71-72-68-64-60-56-52-48-44-40-36-32-24-11-14-27-74(19,20)28-16(4,5)6/h7-8,10,13H,9,11-12,14H2,1-6H3,(H,17,18)(H,19,20)/p-2/b8-7-,13-10-. The molecule has 0 aliphatic heterocycles. The van der Waals surface area contributed by atoms with Crippen LogP contribution in [0.3, 0.4) is 0 Å². The summed E-state index contributed by atoms with van der Waals surface area (Å²) >= 11 is 0. The van der Waals surface area contributed by atoms with E-state index in [1.54, 1.807) is 6.08 Å². The van der Waals surface area contributed by atoms with Crippen molar-refractivity contribution in [1.82, 2.24) is 0 Å². The molecule has 0 fully saturated rings. The highest BCUT2D eigenvalue weighted by Crippen LogP contribution is 2.42. The zero-order valence-electron chi connectivity index (χ0n) is 35.9. The monoisotopic (exact) mass is 1180 g/mol. The Bertz CT molecular complexity index is 1330. The minimum Gasteiger partial charge on any atom is -0.756 e. The van der Waals surface area contributed by atoms with Gasteiger partial charge in [0.15, 0.2) is 6.26 Å². The minimum atomic E-state index is -5.00. The molecule has 56 nitrogen and oxygen atoms in total. The Labute approximate surface area is 398 Å². The Morgan fingerprint density at radius 3 is 0.824 bits per heavy atom. The summed E-state index contributed by atoms with van der Waals surface area (Å²) in [4.78, 5) is 39.8. The smallest absolute Gasteiger partial charge is 0.319 e. The third-order valence-corrected chi connectivity index (χ3v) is 5.63. The molecule has 0 saturated carbocycles. The second-order valence-corrected chi connectivity index (χ2v) is 13.3. The van der Waals surface area contributed by atoms with Crippen molar-refractivity contribution in [3.05, 3.63) is 24.9 Å². The molecule has 442 valence electrons. The van der Waals surface area contributed by atoms with Crippen LogP contribution in [0.4, 0.5) is 0 Å². The van der Waals surface area contributed by atoms with Gasteiger partial charge in [-0.25, -0.2) is 9.78 Å². The molecule has 0 aromatic heterocycles. The summed E-state index contributed by atoms with van der Waals surface area (Å²) in [5.74, 6) is 0. The van der Waals surface area contributed by atoms with Crippen LogP contribution in [0.1, 0.15) is 41.5 Å². The van der Waals surface area contributed by atoms with E-state index in [2.05, 4.69) is 259 Å². The molecule has 0 N–H and O–H groups in total. The summed E-state index contributed by atoms with van der Waals surface area (Å²) in [6.07, 6.45) is 3.51. The molecule has 2 unspecified atom stereocenters. The van der Waals surface area contributed by atoms with Gasteiger partial charge >= 0.3 is 7.82 Å².